The van der Waals surface area contributed by atoms with Gasteiger partial charge in [0.2, 0.25) is 5.91 Å². The number of amides is 1. The van der Waals surface area contributed by atoms with Crippen LogP contribution < -0.4 is 15.4 Å². The van der Waals surface area contributed by atoms with Gasteiger partial charge in [-0.2, -0.15) is 0 Å². The molecule has 110 valence electrons. The van der Waals surface area contributed by atoms with Crippen LogP contribution in [0, 0.1) is 5.41 Å². The van der Waals surface area contributed by atoms with Gasteiger partial charge < -0.3 is 15.4 Å². The van der Waals surface area contributed by atoms with Crippen molar-refractivity contribution in [2.75, 3.05) is 20.2 Å². The Morgan fingerprint density at radius 3 is 2.95 bits per heavy atom. The lowest BCUT2D eigenvalue weighted by Crippen LogP contribution is -2.43. The van der Waals surface area contributed by atoms with E-state index in [9.17, 15) is 4.79 Å². The van der Waals surface area contributed by atoms with Crippen LogP contribution in [0.5, 0.6) is 5.75 Å². The largest absolute Gasteiger partial charge is 0.497 e. The van der Waals surface area contributed by atoms with E-state index in [1.54, 1.807) is 7.11 Å². The van der Waals surface area contributed by atoms with Gasteiger partial charge in [-0.25, -0.2) is 0 Å². The first-order valence-corrected chi connectivity index (χ1v) is 7.27. The zero-order valence-electron chi connectivity index (χ0n) is 12.5. The van der Waals surface area contributed by atoms with Crippen LogP contribution in [0.25, 0.3) is 0 Å². The first kappa shape index (κ1) is 14.9. The number of nitrogens with one attached hydrogen (secondary N) is 2. The summed E-state index contributed by atoms with van der Waals surface area (Å²) in [5.41, 5.74) is 0.822. The number of methoxy groups -OCH3 is 1. The van der Waals surface area contributed by atoms with Crippen LogP contribution in [0.1, 0.15) is 38.3 Å². The van der Waals surface area contributed by atoms with Gasteiger partial charge in [0.25, 0.3) is 0 Å². The van der Waals surface area contributed by atoms with Crippen LogP contribution in [-0.4, -0.2) is 26.1 Å². The summed E-state index contributed by atoms with van der Waals surface area (Å²) < 4.78 is 5.23. The molecule has 1 aromatic rings. The smallest absolute Gasteiger partial charge is 0.228 e. The number of carbonyl (C=O) groups is 1. The zero-order chi connectivity index (χ0) is 14.6. The molecule has 1 aromatic carbocycles. The van der Waals surface area contributed by atoms with E-state index in [1.165, 1.54) is 0 Å². The first-order valence-electron chi connectivity index (χ1n) is 7.27. The summed E-state index contributed by atoms with van der Waals surface area (Å²) in [7, 11) is 1.65. The maximum atomic E-state index is 12.6. The summed E-state index contributed by atoms with van der Waals surface area (Å²) in [4.78, 5) is 12.6. The topological polar surface area (TPSA) is 50.4 Å². The number of hydrogen-bond donors (Lipinski definition) is 2. The summed E-state index contributed by atoms with van der Waals surface area (Å²) >= 11 is 0. The lowest BCUT2D eigenvalue weighted by atomic mass is 9.83. The summed E-state index contributed by atoms with van der Waals surface area (Å²) in [5.74, 6) is 0.969. The number of ether oxygens (including phenoxy) is 1. The molecule has 4 nitrogen and oxygen atoms in total. The lowest BCUT2D eigenvalue weighted by Gasteiger charge is -2.27. The van der Waals surface area contributed by atoms with Gasteiger partial charge in [0.15, 0.2) is 0 Å². The molecule has 1 aliphatic rings. The van der Waals surface area contributed by atoms with Gasteiger partial charge in [0.05, 0.1) is 18.6 Å². The minimum absolute atomic E-state index is 0.0124. The Morgan fingerprint density at radius 1 is 1.55 bits per heavy atom. The molecule has 1 heterocycles. The maximum Gasteiger partial charge on any atom is 0.228 e. The monoisotopic (exact) mass is 276 g/mol. The fourth-order valence-electron chi connectivity index (χ4n) is 2.74. The summed E-state index contributed by atoms with van der Waals surface area (Å²) in [6, 6.07) is 7.83. The van der Waals surface area contributed by atoms with Crippen molar-refractivity contribution < 1.29 is 9.53 Å². The molecule has 4 heteroatoms. The Bertz CT molecular complexity index is 467. The van der Waals surface area contributed by atoms with Crippen LogP contribution in [0.2, 0.25) is 0 Å². The highest BCUT2D eigenvalue weighted by molar-refractivity contribution is 5.83. The van der Waals surface area contributed by atoms with Crippen molar-refractivity contribution in [1.82, 2.24) is 10.6 Å². The second-order valence-corrected chi connectivity index (χ2v) is 5.53. The Labute approximate surface area is 120 Å². The number of benzene rings is 1. The molecule has 0 radical (unpaired) electrons. The standard InChI is InChI=1S/C16H24N2O2/c1-4-16(8-9-17-11-16)15(19)18-12(2)13-6-5-7-14(10-13)20-3/h5-7,10,12,17H,4,8-9,11H2,1-3H3,(H,18,19). The van der Waals surface area contributed by atoms with Crippen LogP contribution in [0.15, 0.2) is 24.3 Å². The van der Waals surface area contributed by atoms with Crippen LogP contribution in [0.3, 0.4) is 0 Å². The van der Waals surface area contributed by atoms with E-state index in [1.807, 2.05) is 31.2 Å². The molecule has 2 atom stereocenters. The number of rotatable bonds is 5. The van der Waals surface area contributed by atoms with Gasteiger partial charge >= 0.3 is 0 Å². The molecular formula is C16H24N2O2. The van der Waals surface area contributed by atoms with E-state index in [2.05, 4.69) is 17.6 Å². The summed E-state index contributed by atoms with van der Waals surface area (Å²) in [6.07, 6.45) is 1.79. The van der Waals surface area contributed by atoms with E-state index in [0.717, 1.165) is 37.2 Å². The number of carbonyl (C=O) groups excluding carboxylic acids is 1. The van der Waals surface area contributed by atoms with Crippen molar-refractivity contribution in [3.8, 4) is 5.75 Å². The van der Waals surface area contributed by atoms with E-state index < -0.39 is 0 Å². The van der Waals surface area contributed by atoms with Crippen molar-refractivity contribution in [2.45, 2.75) is 32.7 Å². The van der Waals surface area contributed by atoms with Gasteiger partial charge in [-0.15, -0.1) is 0 Å². The van der Waals surface area contributed by atoms with Crippen LogP contribution in [0.4, 0.5) is 0 Å². The van der Waals surface area contributed by atoms with E-state index in [0.29, 0.717) is 0 Å². The molecule has 0 spiro atoms. The fraction of sp³-hybridized carbons (Fsp3) is 0.562. The number of hydrogen-bond acceptors (Lipinski definition) is 3. The molecule has 2 N–H and O–H groups in total. The normalized spacial score (nSPS) is 23.4. The van der Waals surface area contributed by atoms with E-state index in [-0.39, 0.29) is 17.4 Å². The average molecular weight is 276 g/mol. The van der Waals surface area contributed by atoms with E-state index >= 15 is 0 Å². The Hall–Kier alpha value is -1.55. The SMILES string of the molecule is CCC1(C(=O)NC(C)c2cccc(OC)c2)CCNC1. The third-order valence-corrected chi connectivity index (χ3v) is 4.34. The Kier molecular flexibility index (Phi) is 4.65. The maximum absolute atomic E-state index is 12.6. The highest BCUT2D eigenvalue weighted by atomic mass is 16.5. The van der Waals surface area contributed by atoms with Gasteiger partial charge in [0, 0.05) is 6.54 Å². The highest BCUT2D eigenvalue weighted by Crippen LogP contribution is 2.30. The first-order chi connectivity index (χ1) is 9.61. The predicted octanol–water partition coefficient (Wildman–Crippen LogP) is 2.26. The van der Waals surface area contributed by atoms with Gasteiger partial charge in [-0.3, -0.25) is 4.79 Å². The zero-order valence-corrected chi connectivity index (χ0v) is 12.5. The fourth-order valence-corrected chi connectivity index (χ4v) is 2.74. The second kappa shape index (κ2) is 6.27. The minimum atomic E-state index is -0.243. The Morgan fingerprint density at radius 2 is 2.35 bits per heavy atom. The van der Waals surface area contributed by atoms with Crippen LogP contribution >= 0.6 is 0 Å². The molecule has 2 rings (SSSR count). The Balaban J connectivity index is 2.06. The van der Waals surface area contributed by atoms with E-state index in [4.69, 9.17) is 4.74 Å². The van der Waals surface area contributed by atoms with Crippen LogP contribution in [-0.2, 0) is 4.79 Å². The van der Waals surface area contributed by atoms with Crippen molar-refractivity contribution >= 4 is 5.91 Å². The van der Waals surface area contributed by atoms with Crippen molar-refractivity contribution in [1.29, 1.82) is 0 Å². The highest BCUT2D eigenvalue weighted by Gasteiger charge is 2.39. The third kappa shape index (κ3) is 2.96. The minimum Gasteiger partial charge on any atom is -0.497 e. The lowest BCUT2D eigenvalue weighted by molar-refractivity contribution is -0.131. The average Bonchev–Trinajstić information content (AvgIpc) is 2.97. The molecule has 0 bridgehead atoms. The molecule has 0 saturated carbocycles. The summed E-state index contributed by atoms with van der Waals surface area (Å²) in [6.45, 7) is 5.80. The predicted molar refractivity (Wildman–Crippen MR) is 79.8 cm³/mol. The quantitative estimate of drug-likeness (QED) is 0.867. The molecule has 0 aliphatic carbocycles. The molecule has 1 fully saturated rings. The van der Waals surface area contributed by atoms with Gasteiger partial charge in [0.1, 0.15) is 5.75 Å². The molecule has 1 saturated heterocycles. The van der Waals surface area contributed by atoms with Gasteiger partial charge in [-0.05, 0) is 44.0 Å². The molecule has 1 amide bonds. The second-order valence-electron chi connectivity index (χ2n) is 5.53. The molecule has 1 aliphatic heterocycles. The molecule has 20 heavy (non-hydrogen) atoms. The molecular weight excluding hydrogens is 252 g/mol. The molecule has 0 aromatic heterocycles. The molecule has 2 unspecified atom stereocenters. The van der Waals surface area contributed by atoms with Gasteiger partial charge in [-0.1, -0.05) is 19.1 Å². The van der Waals surface area contributed by atoms with Crippen molar-refractivity contribution in [3.63, 3.8) is 0 Å². The summed E-state index contributed by atoms with van der Waals surface area (Å²) in [5, 5.41) is 6.44. The van der Waals surface area contributed by atoms with Crippen molar-refractivity contribution in [3.05, 3.63) is 29.8 Å². The third-order valence-electron chi connectivity index (χ3n) is 4.34. The van der Waals surface area contributed by atoms with Crippen molar-refractivity contribution in [2.24, 2.45) is 5.41 Å².